The first kappa shape index (κ1) is 14.1. The molecule has 1 rings (SSSR count). The molecule has 0 saturated heterocycles. The van der Waals surface area contributed by atoms with Gasteiger partial charge in [0.1, 0.15) is 0 Å². The largest absolute Gasteiger partial charge is 0.0921 e. The Balaban J connectivity index is 2.71. The van der Waals surface area contributed by atoms with Gasteiger partial charge in [0.15, 0.2) is 0 Å². The fourth-order valence-corrected chi connectivity index (χ4v) is 3.08. The van der Waals surface area contributed by atoms with E-state index in [1.54, 1.807) is 0 Å². The molecule has 0 N–H and O–H groups in total. The average Bonchev–Trinajstić information content (AvgIpc) is 2.27. The highest BCUT2D eigenvalue weighted by Crippen LogP contribution is 2.32. The molecule has 2 heteroatoms. The zero-order valence-corrected chi connectivity index (χ0v) is 12.4. The Morgan fingerprint density at radius 1 is 1.31 bits per heavy atom. The van der Waals surface area contributed by atoms with Gasteiger partial charge in [0.05, 0.1) is 0 Å². The molecule has 0 aliphatic rings. The maximum atomic E-state index is 6.24. The Hall–Kier alpha value is -0.0100. The van der Waals surface area contributed by atoms with Crippen LogP contribution in [0.5, 0.6) is 0 Å². The third kappa shape index (κ3) is 4.10. The van der Waals surface area contributed by atoms with Crippen molar-refractivity contribution in [3.63, 3.8) is 0 Å². The van der Waals surface area contributed by atoms with E-state index in [0.717, 1.165) is 16.3 Å². The van der Waals surface area contributed by atoms with Crippen LogP contribution >= 0.6 is 27.5 Å². The molecule has 0 aliphatic heterocycles. The van der Waals surface area contributed by atoms with Crippen LogP contribution in [-0.4, -0.2) is 5.33 Å². The molecule has 16 heavy (non-hydrogen) atoms. The van der Waals surface area contributed by atoms with Crippen LogP contribution < -0.4 is 0 Å². The third-order valence-electron chi connectivity index (χ3n) is 3.00. The first-order valence-corrected chi connectivity index (χ1v) is 7.49. The van der Waals surface area contributed by atoms with Crippen molar-refractivity contribution in [1.29, 1.82) is 0 Å². The monoisotopic (exact) mass is 302 g/mol. The molecule has 0 radical (unpaired) electrons. The van der Waals surface area contributed by atoms with E-state index in [4.69, 9.17) is 11.6 Å². The topological polar surface area (TPSA) is 0 Å². The van der Waals surface area contributed by atoms with Crippen LogP contribution in [0.2, 0.25) is 5.02 Å². The predicted molar refractivity (Wildman–Crippen MR) is 76.7 cm³/mol. The molecule has 2 atom stereocenters. The van der Waals surface area contributed by atoms with Gasteiger partial charge in [-0.15, -0.1) is 0 Å². The van der Waals surface area contributed by atoms with E-state index in [2.05, 4.69) is 41.9 Å². The van der Waals surface area contributed by atoms with Crippen LogP contribution in [0.4, 0.5) is 0 Å². The second kappa shape index (κ2) is 7.34. The summed E-state index contributed by atoms with van der Waals surface area (Å²) >= 11 is 9.85. The maximum absolute atomic E-state index is 6.24. The van der Waals surface area contributed by atoms with Crippen LogP contribution in [0.15, 0.2) is 24.3 Å². The lowest BCUT2D eigenvalue weighted by Gasteiger charge is -2.20. The Bertz CT molecular complexity index is 311. The van der Waals surface area contributed by atoms with Crippen LogP contribution in [0.1, 0.15) is 44.6 Å². The van der Waals surface area contributed by atoms with E-state index >= 15 is 0 Å². The molecular formula is C14H20BrCl. The third-order valence-corrected chi connectivity index (χ3v) is 4.13. The fourth-order valence-electron chi connectivity index (χ4n) is 2.18. The summed E-state index contributed by atoms with van der Waals surface area (Å²) < 4.78 is 0. The number of rotatable bonds is 6. The fraction of sp³-hybridized carbons (Fsp3) is 0.571. The lowest BCUT2D eigenvalue weighted by molar-refractivity contribution is 0.452. The van der Waals surface area contributed by atoms with Crippen molar-refractivity contribution in [3.8, 4) is 0 Å². The summed E-state index contributed by atoms with van der Waals surface area (Å²) in [7, 11) is 0. The van der Waals surface area contributed by atoms with Crippen molar-refractivity contribution in [2.45, 2.75) is 39.0 Å². The van der Waals surface area contributed by atoms with Crippen LogP contribution in [0.25, 0.3) is 0 Å². The van der Waals surface area contributed by atoms with Crippen molar-refractivity contribution in [1.82, 2.24) is 0 Å². The Labute approximate surface area is 113 Å². The van der Waals surface area contributed by atoms with E-state index in [-0.39, 0.29) is 0 Å². The van der Waals surface area contributed by atoms with Crippen LogP contribution in [-0.2, 0) is 0 Å². The van der Waals surface area contributed by atoms with Crippen LogP contribution in [0.3, 0.4) is 0 Å². The quantitative estimate of drug-likeness (QED) is 0.596. The highest BCUT2D eigenvalue weighted by Gasteiger charge is 2.16. The molecule has 0 heterocycles. The molecule has 1 aromatic rings. The summed E-state index contributed by atoms with van der Waals surface area (Å²) in [6.07, 6.45) is 3.77. The van der Waals surface area contributed by atoms with Gasteiger partial charge in [-0.25, -0.2) is 0 Å². The Morgan fingerprint density at radius 2 is 2.00 bits per heavy atom. The van der Waals surface area contributed by atoms with Crippen molar-refractivity contribution in [2.24, 2.45) is 5.92 Å². The number of hydrogen-bond donors (Lipinski definition) is 0. The van der Waals surface area contributed by atoms with E-state index in [1.807, 2.05) is 12.1 Å². The average molecular weight is 304 g/mol. The summed E-state index contributed by atoms with van der Waals surface area (Å²) in [5.41, 5.74) is 1.28. The normalized spacial score (nSPS) is 14.8. The molecule has 0 aromatic heterocycles. The summed E-state index contributed by atoms with van der Waals surface area (Å²) in [6.45, 7) is 4.57. The number of benzene rings is 1. The van der Waals surface area contributed by atoms with E-state index in [9.17, 15) is 0 Å². The molecule has 0 spiro atoms. The first-order valence-electron chi connectivity index (χ1n) is 5.99. The maximum Gasteiger partial charge on any atom is 0.0441 e. The molecule has 0 aliphatic carbocycles. The summed E-state index contributed by atoms with van der Waals surface area (Å²) in [5, 5.41) is 1.89. The summed E-state index contributed by atoms with van der Waals surface area (Å²) in [4.78, 5) is 0. The SMILES string of the molecule is CCCC(C)CC(CBr)c1ccccc1Cl. The second-order valence-electron chi connectivity index (χ2n) is 4.50. The van der Waals surface area contributed by atoms with Crippen molar-refractivity contribution >= 4 is 27.5 Å². The molecule has 0 nitrogen and oxygen atoms in total. The van der Waals surface area contributed by atoms with Crippen molar-refractivity contribution < 1.29 is 0 Å². The molecule has 2 unspecified atom stereocenters. The van der Waals surface area contributed by atoms with Crippen molar-refractivity contribution in [2.75, 3.05) is 5.33 Å². The minimum Gasteiger partial charge on any atom is -0.0921 e. The molecule has 1 aromatic carbocycles. The van der Waals surface area contributed by atoms with Crippen LogP contribution in [0, 0.1) is 5.92 Å². The van der Waals surface area contributed by atoms with Gasteiger partial charge in [0.25, 0.3) is 0 Å². The molecule has 0 amide bonds. The van der Waals surface area contributed by atoms with E-state index < -0.39 is 0 Å². The van der Waals surface area contributed by atoms with E-state index in [1.165, 1.54) is 24.8 Å². The molecule has 90 valence electrons. The number of halogens is 2. The Morgan fingerprint density at radius 3 is 2.56 bits per heavy atom. The predicted octanol–water partition coefficient (Wildman–Crippen LogP) is 5.64. The minimum absolute atomic E-state index is 0.537. The standard InChI is InChI=1S/C14H20BrCl/c1-3-6-11(2)9-12(10-15)13-7-4-5-8-14(13)16/h4-5,7-8,11-12H,3,6,9-10H2,1-2H3. The Kier molecular flexibility index (Phi) is 6.45. The highest BCUT2D eigenvalue weighted by molar-refractivity contribution is 9.09. The van der Waals surface area contributed by atoms with Crippen molar-refractivity contribution in [3.05, 3.63) is 34.9 Å². The van der Waals surface area contributed by atoms with Gasteiger partial charge in [-0.2, -0.15) is 0 Å². The lowest BCUT2D eigenvalue weighted by Crippen LogP contribution is -2.07. The molecule has 0 saturated carbocycles. The van der Waals surface area contributed by atoms with Gasteiger partial charge < -0.3 is 0 Å². The van der Waals surface area contributed by atoms with Gasteiger partial charge in [-0.3, -0.25) is 0 Å². The number of alkyl halides is 1. The zero-order chi connectivity index (χ0) is 12.0. The lowest BCUT2D eigenvalue weighted by atomic mass is 9.89. The van der Waals surface area contributed by atoms with Gasteiger partial charge in [0.2, 0.25) is 0 Å². The minimum atomic E-state index is 0.537. The molecular weight excluding hydrogens is 284 g/mol. The second-order valence-corrected chi connectivity index (χ2v) is 5.56. The molecule has 0 bridgehead atoms. The zero-order valence-electron chi connectivity index (χ0n) is 10.0. The van der Waals surface area contributed by atoms with Gasteiger partial charge >= 0.3 is 0 Å². The number of hydrogen-bond acceptors (Lipinski definition) is 0. The van der Waals surface area contributed by atoms with Gasteiger partial charge in [-0.1, -0.05) is 72.4 Å². The molecule has 0 fully saturated rings. The highest BCUT2D eigenvalue weighted by atomic mass is 79.9. The first-order chi connectivity index (χ1) is 7.69. The smallest absolute Gasteiger partial charge is 0.0441 e. The van der Waals surface area contributed by atoms with Gasteiger partial charge in [0, 0.05) is 10.4 Å². The summed E-state index contributed by atoms with van der Waals surface area (Å²) in [5.74, 6) is 1.30. The summed E-state index contributed by atoms with van der Waals surface area (Å²) in [6, 6.07) is 8.19. The van der Waals surface area contributed by atoms with Gasteiger partial charge in [-0.05, 0) is 29.9 Å². The van der Waals surface area contributed by atoms with E-state index in [0.29, 0.717) is 5.92 Å².